The van der Waals surface area contributed by atoms with E-state index in [-0.39, 0.29) is 31.0 Å². The summed E-state index contributed by atoms with van der Waals surface area (Å²) in [7, 11) is -0.479. The van der Waals surface area contributed by atoms with E-state index >= 15 is 0 Å². The summed E-state index contributed by atoms with van der Waals surface area (Å²) in [5, 5.41) is 0. The predicted octanol–water partition coefficient (Wildman–Crippen LogP) is -0.0223. The van der Waals surface area contributed by atoms with Gasteiger partial charge in [0.2, 0.25) is 10.0 Å². The molecule has 8 heteroatoms. The SMILES string of the molecule is COC(=O)CC1CN(S(=O)(=O)c2ccn(C)c2)CCO1. The zero-order valence-electron chi connectivity index (χ0n) is 11.5. The van der Waals surface area contributed by atoms with Gasteiger partial charge >= 0.3 is 5.97 Å². The monoisotopic (exact) mass is 302 g/mol. The van der Waals surface area contributed by atoms with Crippen molar-refractivity contribution in [1.29, 1.82) is 0 Å². The van der Waals surface area contributed by atoms with E-state index < -0.39 is 22.1 Å². The molecule has 0 aliphatic carbocycles. The smallest absolute Gasteiger partial charge is 0.308 e. The first kappa shape index (κ1) is 15.0. The molecule has 1 unspecified atom stereocenters. The van der Waals surface area contributed by atoms with Crippen molar-refractivity contribution < 1.29 is 22.7 Å². The van der Waals surface area contributed by atoms with Crippen molar-refractivity contribution >= 4 is 16.0 Å². The van der Waals surface area contributed by atoms with Gasteiger partial charge in [0.1, 0.15) is 0 Å². The van der Waals surface area contributed by atoms with Gasteiger partial charge in [-0.1, -0.05) is 0 Å². The highest BCUT2D eigenvalue weighted by Gasteiger charge is 2.32. The average molecular weight is 302 g/mol. The molecule has 1 saturated heterocycles. The van der Waals surface area contributed by atoms with Crippen molar-refractivity contribution in [3.63, 3.8) is 0 Å². The van der Waals surface area contributed by atoms with E-state index in [1.165, 1.54) is 11.4 Å². The normalized spacial score (nSPS) is 20.8. The Morgan fingerprint density at radius 1 is 1.55 bits per heavy atom. The van der Waals surface area contributed by atoms with Gasteiger partial charge in [-0.2, -0.15) is 4.31 Å². The Labute approximate surface area is 118 Å². The third kappa shape index (κ3) is 3.20. The number of morpholine rings is 1. The Morgan fingerprint density at radius 2 is 2.30 bits per heavy atom. The first-order chi connectivity index (χ1) is 9.43. The van der Waals surface area contributed by atoms with Gasteiger partial charge in [-0.05, 0) is 6.07 Å². The lowest BCUT2D eigenvalue weighted by atomic mass is 10.2. The molecular weight excluding hydrogens is 284 g/mol. The molecule has 0 bridgehead atoms. The Morgan fingerprint density at radius 3 is 2.90 bits per heavy atom. The van der Waals surface area contributed by atoms with E-state index in [0.29, 0.717) is 0 Å². The Kier molecular flexibility index (Phi) is 4.46. The van der Waals surface area contributed by atoms with Crippen molar-refractivity contribution in [1.82, 2.24) is 8.87 Å². The molecule has 112 valence electrons. The van der Waals surface area contributed by atoms with Gasteiger partial charge in [-0.3, -0.25) is 4.79 Å². The van der Waals surface area contributed by atoms with E-state index in [2.05, 4.69) is 4.74 Å². The summed E-state index contributed by atoms with van der Waals surface area (Å²) in [5.74, 6) is -0.408. The lowest BCUT2D eigenvalue weighted by Crippen LogP contribution is -2.46. The molecule has 0 N–H and O–H groups in total. The minimum Gasteiger partial charge on any atom is -0.469 e. The van der Waals surface area contributed by atoms with E-state index in [9.17, 15) is 13.2 Å². The predicted molar refractivity (Wildman–Crippen MR) is 70.5 cm³/mol. The van der Waals surface area contributed by atoms with Crippen LogP contribution in [0.15, 0.2) is 23.4 Å². The number of nitrogens with zero attached hydrogens (tertiary/aromatic N) is 2. The lowest BCUT2D eigenvalue weighted by Gasteiger charge is -2.31. The molecule has 20 heavy (non-hydrogen) atoms. The van der Waals surface area contributed by atoms with Gasteiger partial charge in [0, 0.05) is 32.5 Å². The summed E-state index contributed by atoms with van der Waals surface area (Å²) in [6.45, 7) is 0.717. The number of ether oxygens (including phenoxy) is 2. The molecule has 0 spiro atoms. The number of esters is 1. The highest BCUT2D eigenvalue weighted by Crippen LogP contribution is 2.20. The van der Waals surface area contributed by atoms with Crippen LogP contribution in [-0.2, 0) is 31.3 Å². The summed E-state index contributed by atoms with van der Waals surface area (Å²) in [5.41, 5.74) is 0. The zero-order valence-corrected chi connectivity index (χ0v) is 12.3. The highest BCUT2D eigenvalue weighted by atomic mass is 32.2. The molecule has 2 heterocycles. The van der Waals surface area contributed by atoms with Crippen LogP contribution in [0.4, 0.5) is 0 Å². The van der Waals surface area contributed by atoms with Crippen LogP contribution in [0.25, 0.3) is 0 Å². The summed E-state index contributed by atoms with van der Waals surface area (Å²) in [6, 6.07) is 1.56. The summed E-state index contributed by atoms with van der Waals surface area (Å²) in [6.07, 6.45) is 2.83. The van der Waals surface area contributed by atoms with Crippen LogP contribution in [0.5, 0.6) is 0 Å². The van der Waals surface area contributed by atoms with Gasteiger partial charge in [-0.15, -0.1) is 0 Å². The van der Waals surface area contributed by atoms with E-state index in [1.54, 1.807) is 30.1 Å². The first-order valence-corrected chi connectivity index (χ1v) is 7.68. The Hall–Kier alpha value is -1.38. The molecule has 7 nitrogen and oxygen atoms in total. The Bertz CT molecular complexity index is 580. The molecule has 0 saturated carbocycles. The number of carbonyl (C=O) groups is 1. The fourth-order valence-electron chi connectivity index (χ4n) is 2.08. The van der Waals surface area contributed by atoms with Gasteiger partial charge in [-0.25, -0.2) is 8.42 Å². The second-order valence-electron chi connectivity index (χ2n) is 4.65. The second kappa shape index (κ2) is 5.94. The van der Waals surface area contributed by atoms with E-state index in [0.717, 1.165) is 0 Å². The number of sulfonamides is 1. The van der Waals surface area contributed by atoms with E-state index in [1.807, 2.05) is 0 Å². The molecule has 1 fully saturated rings. The fourth-order valence-corrected chi connectivity index (χ4v) is 3.59. The maximum atomic E-state index is 12.4. The zero-order chi connectivity index (χ0) is 14.8. The molecule has 0 aromatic carbocycles. The van der Waals surface area contributed by atoms with Crippen molar-refractivity contribution in [2.45, 2.75) is 17.4 Å². The highest BCUT2D eigenvalue weighted by molar-refractivity contribution is 7.89. The number of aromatic nitrogens is 1. The van der Waals surface area contributed by atoms with Crippen LogP contribution in [0.3, 0.4) is 0 Å². The van der Waals surface area contributed by atoms with Crippen molar-refractivity contribution in [3.05, 3.63) is 18.5 Å². The van der Waals surface area contributed by atoms with Crippen molar-refractivity contribution in [2.75, 3.05) is 26.8 Å². The van der Waals surface area contributed by atoms with Gasteiger partial charge in [0.15, 0.2) is 0 Å². The number of hydrogen-bond donors (Lipinski definition) is 0. The van der Waals surface area contributed by atoms with E-state index in [4.69, 9.17) is 4.74 Å². The van der Waals surface area contributed by atoms with Crippen LogP contribution < -0.4 is 0 Å². The van der Waals surface area contributed by atoms with Crippen LogP contribution >= 0.6 is 0 Å². The largest absolute Gasteiger partial charge is 0.469 e. The molecular formula is C12H18N2O5S. The average Bonchev–Trinajstić information content (AvgIpc) is 2.86. The number of aryl methyl sites for hydroxylation is 1. The molecule has 1 aliphatic rings. The molecule has 0 amide bonds. The van der Waals surface area contributed by atoms with Crippen molar-refractivity contribution in [3.8, 4) is 0 Å². The quantitative estimate of drug-likeness (QED) is 0.730. The van der Waals surface area contributed by atoms with Gasteiger partial charge in [0.25, 0.3) is 0 Å². The third-order valence-corrected chi connectivity index (χ3v) is 5.01. The molecule has 1 aromatic heterocycles. The number of rotatable bonds is 4. The molecule has 0 radical (unpaired) electrons. The van der Waals surface area contributed by atoms with Crippen molar-refractivity contribution in [2.24, 2.45) is 7.05 Å². The topological polar surface area (TPSA) is 77.8 Å². The second-order valence-corrected chi connectivity index (χ2v) is 6.59. The first-order valence-electron chi connectivity index (χ1n) is 6.24. The van der Waals surface area contributed by atoms with Gasteiger partial charge in [0.05, 0.1) is 31.1 Å². The molecule has 2 rings (SSSR count). The minimum absolute atomic E-state index is 0.0529. The van der Waals surface area contributed by atoms with Crippen LogP contribution in [0.2, 0.25) is 0 Å². The number of hydrogen-bond acceptors (Lipinski definition) is 5. The van der Waals surface area contributed by atoms with Gasteiger partial charge < -0.3 is 14.0 Å². The number of methoxy groups -OCH3 is 1. The minimum atomic E-state index is -3.54. The molecule has 1 atom stereocenters. The summed E-state index contributed by atoms with van der Waals surface area (Å²) < 4.78 is 37.9. The Balaban J connectivity index is 2.10. The molecule has 1 aliphatic heterocycles. The van der Waals surface area contributed by atoms with Crippen LogP contribution in [0, 0.1) is 0 Å². The summed E-state index contributed by atoms with van der Waals surface area (Å²) in [4.78, 5) is 11.5. The summed E-state index contributed by atoms with van der Waals surface area (Å²) >= 11 is 0. The fraction of sp³-hybridized carbons (Fsp3) is 0.583. The number of carbonyl (C=O) groups excluding carboxylic acids is 1. The standard InChI is InChI=1S/C12H18N2O5S/c1-13-4-3-11(9-13)20(16,17)14-5-6-19-10(8-14)7-12(15)18-2/h3-4,9-10H,5-8H2,1-2H3. The molecule has 1 aromatic rings. The van der Waals surface area contributed by atoms with Crippen LogP contribution in [-0.4, -0.2) is 56.2 Å². The van der Waals surface area contributed by atoms with Crippen LogP contribution in [0.1, 0.15) is 6.42 Å². The maximum Gasteiger partial charge on any atom is 0.308 e. The lowest BCUT2D eigenvalue weighted by molar-refractivity contribution is -0.145. The third-order valence-electron chi connectivity index (χ3n) is 3.17. The maximum absolute atomic E-state index is 12.4.